The van der Waals surface area contributed by atoms with Gasteiger partial charge in [0.15, 0.2) is 0 Å². The fourth-order valence-electron chi connectivity index (χ4n) is 2.07. The van der Waals surface area contributed by atoms with E-state index in [0.717, 1.165) is 29.5 Å². The van der Waals surface area contributed by atoms with Gasteiger partial charge in [0, 0.05) is 6.21 Å². The lowest BCUT2D eigenvalue weighted by Crippen LogP contribution is -1.87. The maximum atomic E-state index is 10.2. The predicted molar refractivity (Wildman–Crippen MR) is 80.5 cm³/mol. The number of rotatable bonds is 4. The fraction of sp³-hybridized carbons (Fsp3) is 0.235. The van der Waals surface area contributed by atoms with Crippen molar-refractivity contribution in [2.45, 2.75) is 26.7 Å². The predicted octanol–water partition coefficient (Wildman–Crippen LogP) is 4.40. The number of aliphatic imine (C=N–C) groups is 1. The number of aryl methyl sites for hydroxylation is 2. The molecule has 0 saturated carbocycles. The normalized spacial score (nSPS) is 11.1. The summed E-state index contributed by atoms with van der Waals surface area (Å²) < 4.78 is 0. The Labute approximate surface area is 114 Å². The number of nitrogens with zero attached hydrogens (tertiary/aromatic N) is 1. The van der Waals surface area contributed by atoms with E-state index in [2.05, 4.69) is 11.9 Å². The number of hydrogen-bond acceptors (Lipinski definition) is 2. The SMILES string of the molecule is CCCc1cc(C)cc(N=Cc2ccccc2)c1O. The second-order valence-electron chi connectivity index (χ2n) is 4.71. The van der Waals surface area contributed by atoms with Gasteiger partial charge in [-0.3, -0.25) is 4.99 Å². The van der Waals surface area contributed by atoms with E-state index in [1.54, 1.807) is 6.21 Å². The highest BCUT2D eigenvalue weighted by Crippen LogP contribution is 2.32. The molecule has 0 fully saturated rings. The molecule has 2 aromatic rings. The van der Waals surface area contributed by atoms with Crippen LogP contribution in [-0.2, 0) is 6.42 Å². The highest BCUT2D eigenvalue weighted by Gasteiger charge is 2.06. The van der Waals surface area contributed by atoms with Crippen LogP contribution in [0.1, 0.15) is 30.0 Å². The molecule has 0 aliphatic rings. The number of phenols is 1. The van der Waals surface area contributed by atoms with Gasteiger partial charge >= 0.3 is 0 Å². The highest BCUT2D eigenvalue weighted by molar-refractivity contribution is 5.82. The first-order valence-corrected chi connectivity index (χ1v) is 6.62. The van der Waals surface area contributed by atoms with Gasteiger partial charge < -0.3 is 5.11 Å². The average Bonchev–Trinajstić information content (AvgIpc) is 2.42. The molecule has 0 heterocycles. The number of hydrogen-bond donors (Lipinski definition) is 1. The third-order valence-electron chi connectivity index (χ3n) is 2.98. The maximum absolute atomic E-state index is 10.2. The molecule has 0 bridgehead atoms. The van der Waals surface area contributed by atoms with Crippen LogP contribution in [0.3, 0.4) is 0 Å². The van der Waals surface area contributed by atoms with Crippen molar-refractivity contribution in [2.24, 2.45) is 4.99 Å². The largest absolute Gasteiger partial charge is 0.505 e. The van der Waals surface area contributed by atoms with E-state index in [9.17, 15) is 5.11 Å². The Balaban J connectivity index is 2.32. The zero-order valence-electron chi connectivity index (χ0n) is 11.4. The summed E-state index contributed by atoms with van der Waals surface area (Å²) in [7, 11) is 0. The van der Waals surface area contributed by atoms with Crippen LogP contribution in [-0.4, -0.2) is 11.3 Å². The zero-order valence-corrected chi connectivity index (χ0v) is 11.4. The van der Waals surface area contributed by atoms with Gasteiger partial charge in [0.1, 0.15) is 11.4 Å². The smallest absolute Gasteiger partial charge is 0.144 e. The van der Waals surface area contributed by atoms with Crippen molar-refractivity contribution >= 4 is 11.9 Å². The molecule has 2 aromatic carbocycles. The van der Waals surface area contributed by atoms with E-state index >= 15 is 0 Å². The lowest BCUT2D eigenvalue weighted by atomic mass is 10.0. The second-order valence-corrected chi connectivity index (χ2v) is 4.71. The molecule has 0 aliphatic heterocycles. The molecule has 0 amide bonds. The van der Waals surface area contributed by atoms with Crippen LogP contribution in [0.25, 0.3) is 0 Å². The summed E-state index contributed by atoms with van der Waals surface area (Å²) in [5.41, 5.74) is 3.77. The molecule has 2 heteroatoms. The topological polar surface area (TPSA) is 32.6 Å². The molecule has 0 aromatic heterocycles. The summed E-state index contributed by atoms with van der Waals surface area (Å²) in [4.78, 5) is 4.40. The summed E-state index contributed by atoms with van der Waals surface area (Å²) in [6.45, 7) is 4.13. The van der Waals surface area contributed by atoms with Crippen LogP contribution in [0.4, 0.5) is 5.69 Å². The third-order valence-corrected chi connectivity index (χ3v) is 2.98. The Morgan fingerprint density at radius 2 is 1.89 bits per heavy atom. The van der Waals surface area contributed by atoms with E-state index in [4.69, 9.17) is 0 Å². The molecular formula is C17H19NO. The highest BCUT2D eigenvalue weighted by atomic mass is 16.3. The van der Waals surface area contributed by atoms with Crippen LogP contribution in [0, 0.1) is 6.92 Å². The van der Waals surface area contributed by atoms with E-state index in [1.165, 1.54) is 0 Å². The maximum Gasteiger partial charge on any atom is 0.144 e. The molecule has 2 nitrogen and oxygen atoms in total. The number of phenolic OH excluding ortho intramolecular Hbond substituents is 1. The summed E-state index contributed by atoms with van der Waals surface area (Å²) >= 11 is 0. The minimum atomic E-state index is 0.305. The van der Waals surface area contributed by atoms with Crippen molar-refractivity contribution in [1.82, 2.24) is 0 Å². The second kappa shape index (κ2) is 6.19. The Morgan fingerprint density at radius 3 is 2.58 bits per heavy atom. The van der Waals surface area contributed by atoms with Gasteiger partial charge in [-0.15, -0.1) is 0 Å². The molecule has 2 rings (SSSR count). The van der Waals surface area contributed by atoms with E-state index < -0.39 is 0 Å². The van der Waals surface area contributed by atoms with Crippen molar-refractivity contribution in [3.63, 3.8) is 0 Å². The molecule has 0 unspecified atom stereocenters. The summed E-state index contributed by atoms with van der Waals surface area (Å²) in [5, 5.41) is 10.2. The van der Waals surface area contributed by atoms with Crippen molar-refractivity contribution in [2.75, 3.05) is 0 Å². The van der Waals surface area contributed by atoms with Crippen molar-refractivity contribution < 1.29 is 5.11 Å². The molecule has 0 aliphatic carbocycles. The van der Waals surface area contributed by atoms with Gasteiger partial charge in [-0.2, -0.15) is 0 Å². The van der Waals surface area contributed by atoms with Crippen molar-refractivity contribution in [1.29, 1.82) is 0 Å². The van der Waals surface area contributed by atoms with Gasteiger partial charge in [-0.1, -0.05) is 49.7 Å². The lowest BCUT2D eigenvalue weighted by Gasteiger charge is -2.07. The van der Waals surface area contributed by atoms with Crippen LogP contribution in [0.2, 0.25) is 0 Å². The first kappa shape index (κ1) is 13.3. The monoisotopic (exact) mass is 253 g/mol. The first-order chi connectivity index (χ1) is 9.20. The van der Waals surface area contributed by atoms with Crippen LogP contribution >= 0.6 is 0 Å². The molecule has 0 atom stereocenters. The summed E-state index contributed by atoms with van der Waals surface area (Å²) in [6.07, 6.45) is 3.67. The number of aromatic hydroxyl groups is 1. The molecule has 0 radical (unpaired) electrons. The zero-order chi connectivity index (χ0) is 13.7. The molecule has 0 saturated heterocycles. The van der Waals surface area contributed by atoms with E-state index in [0.29, 0.717) is 11.4 Å². The molecule has 1 N–H and O–H groups in total. The van der Waals surface area contributed by atoms with Crippen LogP contribution in [0.15, 0.2) is 47.5 Å². The standard InChI is InChI=1S/C17H19NO/c1-3-7-15-10-13(2)11-16(17(15)19)18-12-14-8-5-4-6-9-14/h4-6,8-12,19H,3,7H2,1-2H3. The van der Waals surface area contributed by atoms with Gasteiger partial charge in [0.2, 0.25) is 0 Å². The Morgan fingerprint density at radius 1 is 1.16 bits per heavy atom. The third kappa shape index (κ3) is 3.44. The fourth-order valence-corrected chi connectivity index (χ4v) is 2.07. The van der Waals surface area contributed by atoms with Crippen LogP contribution < -0.4 is 0 Å². The van der Waals surface area contributed by atoms with Gasteiger partial charge in [0.25, 0.3) is 0 Å². The Hall–Kier alpha value is -2.09. The van der Waals surface area contributed by atoms with Crippen LogP contribution in [0.5, 0.6) is 5.75 Å². The minimum absolute atomic E-state index is 0.305. The molecule has 19 heavy (non-hydrogen) atoms. The van der Waals surface area contributed by atoms with Gasteiger partial charge in [-0.25, -0.2) is 0 Å². The van der Waals surface area contributed by atoms with Gasteiger partial charge in [0.05, 0.1) is 0 Å². The molecular weight excluding hydrogens is 234 g/mol. The van der Waals surface area contributed by atoms with E-state index in [-0.39, 0.29) is 0 Å². The van der Waals surface area contributed by atoms with E-state index in [1.807, 2.05) is 49.4 Å². The summed E-state index contributed by atoms with van der Waals surface area (Å²) in [5.74, 6) is 0.305. The summed E-state index contributed by atoms with van der Waals surface area (Å²) in [6, 6.07) is 13.8. The minimum Gasteiger partial charge on any atom is -0.505 e. The first-order valence-electron chi connectivity index (χ1n) is 6.62. The Bertz CT molecular complexity index is 573. The quantitative estimate of drug-likeness (QED) is 0.805. The number of benzene rings is 2. The van der Waals surface area contributed by atoms with Crippen molar-refractivity contribution in [3.05, 3.63) is 59.2 Å². The molecule has 98 valence electrons. The van der Waals surface area contributed by atoms with Crippen molar-refractivity contribution in [3.8, 4) is 5.75 Å². The average molecular weight is 253 g/mol. The van der Waals surface area contributed by atoms with Gasteiger partial charge in [-0.05, 0) is 36.1 Å². The molecule has 0 spiro atoms. The lowest BCUT2D eigenvalue weighted by molar-refractivity contribution is 0.469. The Kier molecular flexibility index (Phi) is 4.35.